The first-order valence-corrected chi connectivity index (χ1v) is 13.9. The van der Waals surface area contributed by atoms with E-state index >= 15 is 0 Å². The van der Waals surface area contributed by atoms with Crippen molar-refractivity contribution in [2.24, 2.45) is 11.3 Å². The average Bonchev–Trinajstić information content (AvgIpc) is 3.25. The number of hydrogen-bond acceptors (Lipinski definition) is 6. The lowest BCUT2D eigenvalue weighted by Crippen LogP contribution is -2.67. The number of carbonyl (C=O) groups excluding carboxylic acids is 2. The Labute approximate surface area is 236 Å². The van der Waals surface area contributed by atoms with Gasteiger partial charge in [-0.3, -0.25) is 9.59 Å². The fourth-order valence-electron chi connectivity index (χ4n) is 8.07. The second kappa shape index (κ2) is 9.43. The van der Waals surface area contributed by atoms with Crippen molar-refractivity contribution < 1.29 is 46.6 Å². The molecule has 2 heterocycles. The third-order valence-electron chi connectivity index (χ3n) is 9.68. The van der Waals surface area contributed by atoms with Crippen molar-refractivity contribution >= 4 is 17.6 Å². The van der Waals surface area contributed by atoms with Crippen LogP contribution in [0.4, 0.5) is 13.2 Å². The zero-order chi connectivity index (χ0) is 29.4. The number of carbonyl (C=O) groups is 2. The van der Waals surface area contributed by atoms with E-state index in [0.717, 1.165) is 61.2 Å². The number of nitrogens with one attached hydrogen (secondary N) is 1. The van der Waals surface area contributed by atoms with Crippen molar-refractivity contribution in [3.8, 4) is 0 Å². The van der Waals surface area contributed by atoms with Gasteiger partial charge in [0.15, 0.2) is 11.5 Å². The van der Waals surface area contributed by atoms with Gasteiger partial charge in [0.2, 0.25) is 5.76 Å². The van der Waals surface area contributed by atoms with Crippen LogP contribution in [0.3, 0.4) is 0 Å². The molecule has 1 saturated carbocycles. The van der Waals surface area contributed by atoms with E-state index in [2.05, 4.69) is 24.1 Å². The maximum Gasteiger partial charge on any atom is 0.573 e. The number of amides is 1. The van der Waals surface area contributed by atoms with Crippen LogP contribution in [0.25, 0.3) is 5.76 Å². The summed E-state index contributed by atoms with van der Waals surface area (Å²) in [7, 11) is 4.51. The highest BCUT2D eigenvalue weighted by Gasteiger charge is 2.70. The molecule has 3 aliphatic carbocycles. The number of quaternary nitrogens is 1. The van der Waals surface area contributed by atoms with Crippen LogP contribution in [0, 0.1) is 11.3 Å². The van der Waals surface area contributed by atoms with Crippen molar-refractivity contribution in [2.45, 2.75) is 69.4 Å². The van der Waals surface area contributed by atoms with Gasteiger partial charge in [-0.2, -0.15) is 0 Å². The van der Waals surface area contributed by atoms with Gasteiger partial charge >= 0.3 is 12.3 Å². The largest absolute Gasteiger partial charge is 0.573 e. The topological polar surface area (TPSA) is 94.1 Å². The quantitative estimate of drug-likeness (QED) is 0.182. The Hall–Kier alpha value is -3.15. The summed E-state index contributed by atoms with van der Waals surface area (Å²) < 4.78 is 57.4. The molecular formula is C30H34F3N2O6+. The summed E-state index contributed by atoms with van der Waals surface area (Å²) in [5, 5.41) is 14.3. The number of ether oxygens (including phenoxy) is 3. The molecule has 2 aliphatic heterocycles. The molecule has 3 fully saturated rings. The first-order valence-electron chi connectivity index (χ1n) is 13.9. The van der Waals surface area contributed by atoms with Crippen LogP contribution in [0.5, 0.6) is 0 Å². The molecule has 0 radical (unpaired) electrons. The molecular weight excluding hydrogens is 541 g/mol. The molecule has 2 saturated heterocycles. The van der Waals surface area contributed by atoms with E-state index in [-0.39, 0.29) is 17.1 Å². The Balaban J connectivity index is 1.40. The van der Waals surface area contributed by atoms with Crippen LogP contribution in [-0.2, 0) is 23.8 Å². The summed E-state index contributed by atoms with van der Waals surface area (Å²) in [5.74, 6) is -4.02. The highest BCUT2D eigenvalue weighted by atomic mass is 19.4. The molecule has 1 aromatic carbocycles. The molecule has 2 N–H and O–H groups in total. The van der Waals surface area contributed by atoms with Crippen molar-refractivity contribution in [3.05, 3.63) is 65.0 Å². The number of rotatable bonds is 5. The Morgan fingerprint density at radius 2 is 1.90 bits per heavy atom. The van der Waals surface area contributed by atoms with Crippen molar-refractivity contribution in [1.82, 2.24) is 5.32 Å². The lowest BCUT2D eigenvalue weighted by atomic mass is 9.50. The van der Waals surface area contributed by atoms with Gasteiger partial charge in [-0.1, -0.05) is 42.8 Å². The van der Waals surface area contributed by atoms with Gasteiger partial charge in [-0.05, 0) is 30.1 Å². The Morgan fingerprint density at radius 1 is 1.17 bits per heavy atom. The predicted octanol–water partition coefficient (Wildman–Crippen LogP) is 3.93. The first kappa shape index (κ1) is 28.0. The Morgan fingerprint density at radius 3 is 2.59 bits per heavy atom. The number of alkyl halides is 3. The number of esters is 1. The van der Waals surface area contributed by atoms with E-state index in [1.54, 1.807) is 12.1 Å². The average molecular weight is 576 g/mol. The van der Waals surface area contributed by atoms with Crippen LogP contribution in [0.15, 0.2) is 59.4 Å². The molecule has 11 heteroatoms. The van der Waals surface area contributed by atoms with Gasteiger partial charge in [0, 0.05) is 36.7 Å². The molecule has 6 rings (SSSR count). The molecule has 5 aliphatic rings. The number of likely N-dealkylation sites (tertiary alicyclic amines) is 1. The molecule has 1 aromatic rings. The minimum atomic E-state index is -5.29. The maximum atomic E-state index is 13.6. The zero-order valence-electron chi connectivity index (χ0n) is 23.2. The molecule has 1 spiro atoms. The molecule has 8 nitrogen and oxygen atoms in total. The van der Waals surface area contributed by atoms with E-state index in [9.17, 15) is 27.9 Å². The van der Waals surface area contributed by atoms with E-state index in [1.807, 2.05) is 0 Å². The normalized spacial score (nSPS) is 35.3. The molecule has 2 bridgehead atoms. The van der Waals surface area contributed by atoms with Crippen LogP contribution in [0.2, 0.25) is 0 Å². The molecule has 0 aromatic heterocycles. The fourth-order valence-corrected chi connectivity index (χ4v) is 8.07. The SMILES string of the molecule is CC(=O)OC(=C(OC(F)(F)F)C(=O)NC1(O)C=CC2=C3C1O[C@H]1CCC[C@H]4[C@@H](C2)[N+](C)(C)CC[C@]314)c1ccccc1. The summed E-state index contributed by atoms with van der Waals surface area (Å²) >= 11 is 0. The number of nitrogens with zero attached hydrogens (tertiary/aromatic N) is 1. The number of aliphatic hydroxyl groups is 1. The van der Waals surface area contributed by atoms with Crippen LogP contribution in [0.1, 0.15) is 44.6 Å². The molecule has 41 heavy (non-hydrogen) atoms. The molecule has 220 valence electrons. The van der Waals surface area contributed by atoms with E-state index < -0.39 is 41.6 Å². The van der Waals surface area contributed by atoms with Crippen LogP contribution in [-0.4, -0.2) is 72.4 Å². The standard InChI is InChI=1S/C30H33F3N2O6/c1-17(36)39-24(18-8-5-4-6-9-18)25(41-30(31,32)33)27(37)34-29(38)13-12-19-16-21-20-10-7-11-22-28(20,14-15-35(21,2)3)23(19)26(29)40-22/h4-6,8-9,12-13,20-22,26,38H,7,10-11,14-16H2,1-3H3/p+1/t20-,21+,22-,26?,28+,29?/m0/s1. The van der Waals surface area contributed by atoms with E-state index in [4.69, 9.17) is 9.47 Å². The summed E-state index contributed by atoms with van der Waals surface area (Å²) in [4.78, 5) is 25.5. The van der Waals surface area contributed by atoms with Crippen LogP contribution < -0.4 is 5.32 Å². The van der Waals surface area contributed by atoms with E-state index in [1.165, 1.54) is 30.3 Å². The lowest BCUT2D eigenvalue weighted by Gasteiger charge is -2.60. The fraction of sp³-hybridized carbons (Fsp3) is 0.533. The van der Waals surface area contributed by atoms with Gasteiger partial charge in [0.1, 0.15) is 6.10 Å². The summed E-state index contributed by atoms with van der Waals surface area (Å²) in [6.45, 7) is 1.94. The third-order valence-corrected chi connectivity index (χ3v) is 9.68. The van der Waals surface area contributed by atoms with E-state index in [0.29, 0.717) is 12.0 Å². The monoisotopic (exact) mass is 575 g/mol. The Kier molecular flexibility index (Phi) is 6.44. The number of benzene rings is 1. The summed E-state index contributed by atoms with van der Waals surface area (Å²) in [5.41, 5.74) is -0.401. The Bertz CT molecular complexity index is 1370. The molecule has 6 atom stereocenters. The van der Waals surface area contributed by atoms with Crippen LogP contribution >= 0.6 is 0 Å². The molecule has 2 unspecified atom stereocenters. The molecule has 1 amide bonds. The smallest absolute Gasteiger partial charge is 0.422 e. The third kappa shape index (κ3) is 4.49. The highest BCUT2D eigenvalue weighted by molar-refractivity contribution is 5.99. The second-order valence-electron chi connectivity index (χ2n) is 12.3. The van der Waals surface area contributed by atoms with Gasteiger partial charge in [-0.25, -0.2) is 0 Å². The minimum Gasteiger partial charge on any atom is -0.422 e. The summed E-state index contributed by atoms with van der Waals surface area (Å²) in [6, 6.07) is 7.79. The lowest BCUT2D eigenvalue weighted by molar-refractivity contribution is -0.928. The second-order valence-corrected chi connectivity index (χ2v) is 12.3. The predicted molar refractivity (Wildman–Crippen MR) is 140 cm³/mol. The van der Waals surface area contributed by atoms with Gasteiger partial charge in [0.25, 0.3) is 5.91 Å². The highest BCUT2D eigenvalue weighted by Crippen LogP contribution is 2.66. The number of halogens is 3. The van der Waals surface area contributed by atoms with Gasteiger partial charge in [0.05, 0.1) is 32.8 Å². The number of hydrogen-bond donors (Lipinski definition) is 2. The summed E-state index contributed by atoms with van der Waals surface area (Å²) in [6.07, 6.45) is 1.25. The number of piperidine rings is 1. The van der Waals surface area contributed by atoms with Gasteiger partial charge in [-0.15, -0.1) is 13.2 Å². The zero-order valence-corrected chi connectivity index (χ0v) is 23.2. The number of allylic oxidation sites excluding steroid dienone is 1. The first-order chi connectivity index (χ1) is 19.3. The van der Waals surface area contributed by atoms with Gasteiger partial charge < -0.3 is 29.1 Å². The maximum absolute atomic E-state index is 13.6. The van der Waals surface area contributed by atoms with Crippen molar-refractivity contribution in [3.63, 3.8) is 0 Å². The minimum absolute atomic E-state index is 0.0133. The van der Waals surface area contributed by atoms with Crippen molar-refractivity contribution in [1.29, 1.82) is 0 Å². The van der Waals surface area contributed by atoms with Crippen molar-refractivity contribution in [2.75, 3.05) is 20.6 Å².